The van der Waals surface area contributed by atoms with Gasteiger partial charge in [-0.25, -0.2) is 4.63 Å². The fourth-order valence-corrected chi connectivity index (χ4v) is 2.66. The van der Waals surface area contributed by atoms with Crippen LogP contribution in [0.4, 0.5) is 11.4 Å². The molecule has 0 amide bonds. The molecule has 3 rings (SSSR count). The van der Waals surface area contributed by atoms with Gasteiger partial charge in [-0.3, -0.25) is 0 Å². The van der Waals surface area contributed by atoms with Crippen LogP contribution in [0.15, 0.2) is 16.8 Å². The molecule has 1 fully saturated rings. The minimum Gasteiger partial charge on any atom is -0.397 e. The highest BCUT2D eigenvalue weighted by Gasteiger charge is 2.15. The average molecular weight is 275 g/mol. The molecule has 0 unspecified atom stereocenters. The molecule has 20 heavy (non-hydrogen) atoms. The van der Waals surface area contributed by atoms with E-state index in [0.29, 0.717) is 16.7 Å². The molecule has 1 saturated heterocycles. The maximum Gasteiger partial charge on any atom is 0.160 e. The topological polar surface area (TPSA) is 80.2 Å². The summed E-state index contributed by atoms with van der Waals surface area (Å²) in [6.45, 7) is 6.67. The molecule has 3 N–H and O–H groups in total. The third-order valence-corrected chi connectivity index (χ3v) is 4.07. The second kappa shape index (κ2) is 5.66. The number of aromatic nitrogens is 2. The van der Waals surface area contributed by atoms with E-state index in [0.717, 1.165) is 24.7 Å². The van der Waals surface area contributed by atoms with Gasteiger partial charge >= 0.3 is 0 Å². The summed E-state index contributed by atoms with van der Waals surface area (Å²) in [6, 6.07) is 3.76. The van der Waals surface area contributed by atoms with Gasteiger partial charge in [-0.2, -0.15) is 0 Å². The Morgan fingerprint density at radius 3 is 2.85 bits per heavy atom. The number of hydrogen-bond acceptors (Lipinski definition) is 6. The maximum absolute atomic E-state index is 5.83. The highest BCUT2D eigenvalue weighted by molar-refractivity contribution is 5.94. The molecular weight excluding hydrogens is 254 g/mol. The molecule has 0 aliphatic carbocycles. The molecule has 1 aliphatic rings. The number of hydrogen-bond donors (Lipinski definition) is 2. The molecule has 108 valence electrons. The Hall–Kier alpha value is -1.82. The van der Waals surface area contributed by atoms with Gasteiger partial charge in [0.2, 0.25) is 0 Å². The van der Waals surface area contributed by atoms with Crippen LogP contribution in [0, 0.1) is 5.92 Å². The van der Waals surface area contributed by atoms with Crippen molar-refractivity contribution in [3.05, 3.63) is 12.1 Å². The number of nitrogens with two attached hydrogens (primary N) is 1. The van der Waals surface area contributed by atoms with Crippen molar-refractivity contribution in [3.63, 3.8) is 0 Å². The minimum absolute atomic E-state index is 0.594. The van der Waals surface area contributed by atoms with E-state index in [9.17, 15) is 0 Å². The van der Waals surface area contributed by atoms with Crippen molar-refractivity contribution in [3.8, 4) is 0 Å². The molecule has 6 heteroatoms. The number of likely N-dealkylation sites (tertiary alicyclic amines) is 1. The van der Waals surface area contributed by atoms with Crippen LogP contribution in [-0.2, 0) is 0 Å². The molecule has 0 spiro atoms. The van der Waals surface area contributed by atoms with E-state index >= 15 is 0 Å². The van der Waals surface area contributed by atoms with Crippen molar-refractivity contribution >= 4 is 22.4 Å². The van der Waals surface area contributed by atoms with Crippen LogP contribution >= 0.6 is 0 Å². The molecule has 1 aromatic heterocycles. The van der Waals surface area contributed by atoms with Crippen molar-refractivity contribution < 1.29 is 4.63 Å². The number of rotatable bonds is 4. The summed E-state index contributed by atoms with van der Waals surface area (Å²) >= 11 is 0. The van der Waals surface area contributed by atoms with Gasteiger partial charge in [0.1, 0.15) is 0 Å². The first-order valence-corrected chi connectivity index (χ1v) is 7.21. The van der Waals surface area contributed by atoms with E-state index in [1.54, 1.807) is 0 Å². The second-order valence-electron chi connectivity index (χ2n) is 5.61. The standard InChI is InChI=1S/C14H21N5O/c1-10-4-7-19(8-5-10)9-6-16-12-3-2-11(15)13-14(12)18-20-17-13/h2-3,10,16H,4-9,15H2,1H3. The molecular formula is C14H21N5O. The lowest BCUT2D eigenvalue weighted by molar-refractivity contribution is 0.199. The summed E-state index contributed by atoms with van der Waals surface area (Å²) in [4.78, 5) is 2.50. The third kappa shape index (κ3) is 2.70. The van der Waals surface area contributed by atoms with Crippen LogP contribution in [0.25, 0.3) is 11.0 Å². The van der Waals surface area contributed by atoms with Crippen LogP contribution in [0.1, 0.15) is 19.8 Å². The molecule has 2 aromatic rings. The van der Waals surface area contributed by atoms with Crippen molar-refractivity contribution in [2.24, 2.45) is 5.92 Å². The number of fused-ring (bicyclic) bond motifs is 1. The molecule has 1 aromatic carbocycles. The Morgan fingerprint density at radius 1 is 1.30 bits per heavy atom. The van der Waals surface area contributed by atoms with Crippen molar-refractivity contribution in [1.29, 1.82) is 0 Å². The zero-order valence-corrected chi connectivity index (χ0v) is 11.8. The molecule has 6 nitrogen and oxygen atoms in total. The first kappa shape index (κ1) is 13.2. The van der Waals surface area contributed by atoms with Crippen LogP contribution in [0.2, 0.25) is 0 Å². The first-order chi connectivity index (χ1) is 9.74. The Balaban J connectivity index is 1.57. The monoisotopic (exact) mass is 275 g/mol. The van der Waals surface area contributed by atoms with Crippen LogP contribution < -0.4 is 11.1 Å². The number of nitrogens with one attached hydrogen (secondary N) is 1. The van der Waals surface area contributed by atoms with Gasteiger partial charge in [0, 0.05) is 13.1 Å². The Morgan fingerprint density at radius 2 is 2.05 bits per heavy atom. The highest BCUT2D eigenvalue weighted by atomic mass is 16.6. The van der Waals surface area contributed by atoms with Gasteiger partial charge in [-0.15, -0.1) is 0 Å². The van der Waals surface area contributed by atoms with Gasteiger partial charge in [0.15, 0.2) is 11.0 Å². The van der Waals surface area contributed by atoms with Crippen molar-refractivity contribution in [2.75, 3.05) is 37.2 Å². The quantitative estimate of drug-likeness (QED) is 0.830. The van der Waals surface area contributed by atoms with Gasteiger partial charge < -0.3 is 16.0 Å². The molecule has 0 saturated carbocycles. The lowest BCUT2D eigenvalue weighted by atomic mass is 9.99. The summed E-state index contributed by atoms with van der Waals surface area (Å²) in [6.07, 6.45) is 2.61. The number of benzene rings is 1. The fourth-order valence-electron chi connectivity index (χ4n) is 2.66. The number of nitrogen functional groups attached to an aromatic ring is 1. The first-order valence-electron chi connectivity index (χ1n) is 7.21. The van der Waals surface area contributed by atoms with Crippen molar-refractivity contribution in [2.45, 2.75) is 19.8 Å². The van der Waals surface area contributed by atoms with E-state index in [1.807, 2.05) is 12.1 Å². The lowest BCUT2D eigenvalue weighted by Gasteiger charge is -2.30. The van der Waals surface area contributed by atoms with E-state index in [4.69, 9.17) is 10.4 Å². The van der Waals surface area contributed by atoms with Gasteiger partial charge in [0.25, 0.3) is 0 Å². The predicted octanol–water partition coefficient (Wildman–Crippen LogP) is 1.95. The van der Waals surface area contributed by atoms with Gasteiger partial charge in [-0.05, 0) is 54.3 Å². The molecule has 0 bridgehead atoms. The fraction of sp³-hybridized carbons (Fsp3) is 0.571. The largest absolute Gasteiger partial charge is 0.397 e. The summed E-state index contributed by atoms with van der Waals surface area (Å²) in [5.74, 6) is 0.872. The maximum atomic E-state index is 5.83. The molecule has 0 atom stereocenters. The van der Waals surface area contributed by atoms with Crippen LogP contribution in [0.5, 0.6) is 0 Å². The Kier molecular flexibility index (Phi) is 3.73. The zero-order chi connectivity index (χ0) is 13.9. The van der Waals surface area contributed by atoms with E-state index < -0.39 is 0 Å². The number of anilines is 2. The Bertz CT molecular complexity index is 574. The summed E-state index contributed by atoms with van der Waals surface area (Å²) in [7, 11) is 0. The normalized spacial score (nSPS) is 17.6. The minimum atomic E-state index is 0.594. The van der Waals surface area contributed by atoms with Crippen LogP contribution in [0.3, 0.4) is 0 Å². The molecule has 2 heterocycles. The lowest BCUT2D eigenvalue weighted by Crippen LogP contribution is -2.36. The highest BCUT2D eigenvalue weighted by Crippen LogP contribution is 2.25. The third-order valence-electron chi connectivity index (χ3n) is 4.07. The summed E-state index contributed by atoms with van der Waals surface area (Å²) < 4.78 is 4.76. The average Bonchev–Trinajstić information content (AvgIpc) is 2.94. The van der Waals surface area contributed by atoms with E-state index in [-0.39, 0.29) is 0 Å². The molecule has 1 aliphatic heterocycles. The van der Waals surface area contributed by atoms with Crippen LogP contribution in [-0.4, -0.2) is 41.4 Å². The summed E-state index contributed by atoms with van der Waals surface area (Å²) in [5.41, 5.74) is 8.69. The predicted molar refractivity (Wildman–Crippen MR) is 79.5 cm³/mol. The number of piperidine rings is 1. The zero-order valence-electron chi connectivity index (χ0n) is 11.8. The van der Waals surface area contributed by atoms with Crippen molar-refractivity contribution in [1.82, 2.24) is 15.2 Å². The second-order valence-corrected chi connectivity index (χ2v) is 5.61. The summed E-state index contributed by atoms with van der Waals surface area (Å²) in [5, 5.41) is 11.1. The molecule has 0 radical (unpaired) electrons. The smallest absolute Gasteiger partial charge is 0.160 e. The van der Waals surface area contributed by atoms with Gasteiger partial charge in [0.05, 0.1) is 11.4 Å². The van der Waals surface area contributed by atoms with Gasteiger partial charge in [-0.1, -0.05) is 6.92 Å². The van der Waals surface area contributed by atoms with E-state index in [2.05, 4.69) is 27.5 Å². The van der Waals surface area contributed by atoms with E-state index in [1.165, 1.54) is 25.9 Å². The Labute approximate surface area is 118 Å². The number of nitrogens with zero attached hydrogens (tertiary/aromatic N) is 3. The SMILES string of the molecule is CC1CCN(CCNc2ccc(N)c3nonc23)CC1.